The van der Waals surface area contributed by atoms with Crippen molar-refractivity contribution in [1.82, 2.24) is 15.1 Å². The van der Waals surface area contributed by atoms with E-state index in [1.807, 2.05) is 0 Å². The number of fused-ring (bicyclic) bond motifs is 1. The SMILES string of the molecule is Clc1nnc(CN2CCOC3CCCCC32)s1. The lowest BCUT2D eigenvalue weighted by molar-refractivity contribution is -0.0911. The number of aromatic nitrogens is 2. The Hall–Kier alpha value is -0.230. The number of ether oxygens (including phenoxy) is 1. The van der Waals surface area contributed by atoms with Gasteiger partial charge in [-0.25, -0.2) is 0 Å². The first kappa shape index (κ1) is 11.8. The molecule has 0 bridgehead atoms. The lowest BCUT2D eigenvalue weighted by Crippen LogP contribution is -2.52. The van der Waals surface area contributed by atoms with Crippen LogP contribution in [0.1, 0.15) is 30.7 Å². The van der Waals surface area contributed by atoms with Gasteiger partial charge in [-0.1, -0.05) is 24.2 Å². The molecule has 17 heavy (non-hydrogen) atoms. The summed E-state index contributed by atoms with van der Waals surface area (Å²) in [5, 5.41) is 8.98. The summed E-state index contributed by atoms with van der Waals surface area (Å²) in [6, 6.07) is 0.570. The molecule has 1 aromatic rings. The number of nitrogens with zero attached hydrogens (tertiary/aromatic N) is 3. The second kappa shape index (κ2) is 5.18. The molecule has 1 aromatic heterocycles. The highest BCUT2D eigenvalue weighted by atomic mass is 35.5. The van der Waals surface area contributed by atoms with E-state index < -0.39 is 0 Å². The average Bonchev–Trinajstić information content (AvgIpc) is 2.75. The van der Waals surface area contributed by atoms with Gasteiger partial charge in [0.1, 0.15) is 5.01 Å². The molecular weight excluding hydrogens is 258 g/mol. The van der Waals surface area contributed by atoms with E-state index in [1.54, 1.807) is 0 Å². The normalized spacial score (nSPS) is 30.2. The van der Waals surface area contributed by atoms with Crippen LogP contribution in [0.25, 0.3) is 0 Å². The predicted molar refractivity (Wildman–Crippen MR) is 67.3 cm³/mol. The van der Waals surface area contributed by atoms with Crippen molar-refractivity contribution < 1.29 is 4.74 Å². The summed E-state index contributed by atoms with van der Waals surface area (Å²) in [5.74, 6) is 0. The summed E-state index contributed by atoms with van der Waals surface area (Å²) in [7, 11) is 0. The van der Waals surface area contributed by atoms with E-state index in [4.69, 9.17) is 16.3 Å². The summed E-state index contributed by atoms with van der Waals surface area (Å²) in [4.78, 5) is 2.49. The smallest absolute Gasteiger partial charge is 0.207 e. The molecular formula is C11H16ClN3OS. The van der Waals surface area contributed by atoms with Crippen LogP contribution in [0, 0.1) is 0 Å². The topological polar surface area (TPSA) is 38.2 Å². The second-order valence-electron chi connectivity index (χ2n) is 4.68. The molecule has 1 saturated carbocycles. The van der Waals surface area contributed by atoms with E-state index >= 15 is 0 Å². The molecule has 6 heteroatoms. The van der Waals surface area contributed by atoms with Crippen molar-refractivity contribution in [2.75, 3.05) is 13.2 Å². The zero-order chi connectivity index (χ0) is 11.7. The van der Waals surface area contributed by atoms with Crippen LogP contribution < -0.4 is 0 Å². The maximum atomic E-state index is 5.85. The standard InChI is InChI=1S/C11H16ClN3OS/c12-11-14-13-10(17-11)7-15-5-6-16-9-4-2-1-3-8(9)15/h8-9H,1-7H2. The van der Waals surface area contributed by atoms with Gasteiger partial charge in [-0.3, -0.25) is 4.90 Å². The first-order chi connectivity index (χ1) is 8.33. The number of morpholine rings is 1. The molecule has 1 aliphatic carbocycles. The van der Waals surface area contributed by atoms with Crippen molar-refractivity contribution in [1.29, 1.82) is 0 Å². The van der Waals surface area contributed by atoms with Gasteiger partial charge in [0.05, 0.1) is 19.3 Å². The fraction of sp³-hybridized carbons (Fsp3) is 0.818. The monoisotopic (exact) mass is 273 g/mol. The molecule has 0 aromatic carbocycles. The van der Waals surface area contributed by atoms with Gasteiger partial charge in [0.2, 0.25) is 4.47 Å². The Labute approximate surface area is 110 Å². The van der Waals surface area contributed by atoms with Crippen LogP contribution >= 0.6 is 22.9 Å². The summed E-state index contributed by atoms with van der Waals surface area (Å²) in [6.07, 6.45) is 5.51. The minimum Gasteiger partial charge on any atom is -0.375 e. The van der Waals surface area contributed by atoms with E-state index in [-0.39, 0.29) is 0 Å². The summed E-state index contributed by atoms with van der Waals surface area (Å²) < 4.78 is 6.39. The summed E-state index contributed by atoms with van der Waals surface area (Å²) in [6.45, 7) is 2.71. The highest BCUT2D eigenvalue weighted by Gasteiger charge is 2.34. The third-order valence-electron chi connectivity index (χ3n) is 3.63. The van der Waals surface area contributed by atoms with Crippen LogP contribution in [0.4, 0.5) is 0 Å². The number of hydrogen-bond acceptors (Lipinski definition) is 5. The third-order valence-corrected chi connectivity index (χ3v) is 4.63. The Morgan fingerprint density at radius 2 is 2.24 bits per heavy atom. The minimum absolute atomic E-state index is 0.431. The summed E-state index contributed by atoms with van der Waals surface area (Å²) >= 11 is 7.30. The maximum Gasteiger partial charge on any atom is 0.207 e. The van der Waals surface area contributed by atoms with Crippen LogP contribution in [-0.2, 0) is 11.3 Å². The molecule has 2 fully saturated rings. The first-order valence-corrected chi connectivity index (χ1v) is 7.36. The van der Waals surface area contributed by atoms with Gasteiger partial charge in [0, 0.05) is 12.6 Å². The van der Waals surface area contributed by atoms with Gasteiger partial charge < -0.3 is 4.74 Å². The predicted octanol–water partition coefficient (Wildman–Crippen LogP) is 2.33. The maximum absolute atomic E-state index is 5.85. The molecule has 2 aliphatic rings. The highest BCUT2D eigenvalue weighted by Crippen LogP contribution is 2.30. The second-order valence-corrected chi connectivity index (χ2v) is 6.32. The van der Waals surface area contributed by atoms with Crippen molar-refractivity contribution in [2.24, 2.45) is 0 Å². The van der Waals surface area contributed by atoms with Crippen LogP contribution in [0.5, 0.6) is 0 Å². The fourth-order valence-electron chi connectivity index (χ4n) is 2.84. The minimum atomic E-state index is 0.431. The van der Waals surface area contributed by atoms with Crippen LogP contribution in [0.15, 0.2) is 0 Å². The molecule has 0 radical (unpaired) electrons. The molecule has 1 aliphatic heterocycles. The number of rotatable bonds is 2. The zero-order valence-electron chi connectivity index (χ0n) is 9.64. The number of hydrogen-bond donors (Lipinski definition) is 0. The van der Waals surface area contributed by atoms with Gasteiger partial charge >= 0.3 is 0 Å². The largest absolute Gasteiger partial charge is 0.375 e. The highest BCUT2D eigenvalue weighted by molar-refractivity contribution is 7.15. The lowest BCUT2D eigenvalue weighted by Gasteiger charge is -2.43. The van der Waals surface area contributed by atoms with E-state index in [0.717, 1.165) is 24.7 Å². The average molecular weight is 274 g/mol. The molecule has 2 atom stereocenters. The van der Waals surface area contributed by atoms with Crippen LogP contribution in [0.2, 0.25) is 4.47 Å². The van der Waals surface area contributed by atoms with E-state index in [0.29, 0.717) is 16.6 Å². The Morgan fingerprint density at radius 1 is 1.35 bits per heavy atom. The third kappa shape index (κ3) is 2.62. The molecule has 2 unspecified atom stereocenters. The van der Waals surface area contributed by atoms with Crippen molar-refractivity contribution in [3.8, 4) is 0 Å². The molecule has 1 saturated heterocycles. The van der Waals surface area contributed by atoms with Crippen LogP contribution in [-0.4, -0.2) is 40.4 Å². The Kier molecular flexibility index (Phi) is 3.61. The van der Waals surface area contributed by atoms with Gasteiger partial charge in [-0.05, 0) is 24.4 Å². The summed E-state index contributed by atoms with van der Waals surface area (Å²) in [5.41, 5.74) is 0. The van der Waals surface area contributed by atoms with Crippen molar-refractivity contribution in [3.63, 3.8) is 0 Å². The molecule has 94 valence electrons. The molecule has 3 rings (SSSR count). The molecule has 4 nitrogen and oxygen atoms in total. The number of halogens is 1. The molecule has 0 N–H and O–H groups in total. The molecule has 0 spiro atoms. The first-order valence-electron chi connectivity index (χ1n) is 6.16. The Balaban J connectivity index is 1.68. The Bertz CT molecular complexity index is 385. The molecule has 0 amide bonds. The van der Waals surface area contributed by atoms with Crippen LogP contribution in [0.3, 0.4) is 0 Å². The quantitative estimate of drug-likeness (QED) is 0.829. The zero-order valence-corrected chi connectivity index (χ0v) is 11.2. The van der Waals surface area contributed by atoms with Gasteiger partial charge in [0.25, 0.3) is 0 Å². The van der Waals surface area contributed by atoms with Crippen molar-refractivity contribution in [3.05, 3.63) is 9.47 Å². The van der Waals surface area contributed by atoms with Crippen molar-refractivity contribution >= 4 is 22.9 Å². The van der Waals surface area contributed by atoms with Gasteiger partial charge in [0.15, 0.2) is 0 Å². The van der Waals surface area contributed by atoms with Crippen molar-refractivity contribution in [2.45, 2.75) is 44.4 Å². The van der Waals surface area contributed by atoms with Gasteiger partial charge in [-0.2, -0.15) is 0 Å². The van der Waals surface area contributed by atoms with Gasteiger partial charge in [-0.15, -0.1) is 10.2 Å². The molecule has 2 heterocycles. The fourth-order valence-corrected chi connectivity index (χ4v) is 3.74. The Morgan fingerprint density at radius 3 is 3.06 bits per heavy atom. The lowest BCUT2D eigenvalue weighted by atomic mass is 9.90. The van der Waals surface area contributed by atoms with E-state index in [1.165, 1.54) is 37.0 Å². The van der Waals surface area contributed by atoms with E-state index in [2.05, 4.69) is 15.1 Å². The van der Waals surface area contributed by atoms with E-state index in [9.17, 15) is 0 Å².